The van der Waals surface area contributed by atoms with Crippen molar-refractivity contribution in [1.29, 1.82) is 0 Å². The lowest BCUT2D eigenvalue weighted by Crippen LogP contribution is -2.69. The molecule has 214 valence electrons. The zero-order valence-corrected chi connectivity index (χ0v) is 22.3. The number of nitrogens with zero attached hydrogens (tertiary/aromatic N) is 3. The summed E-state index contributed by atoms with van der Waals surface area (Å²) in [7, 11) is 1.65. The van der Waals surface area contributed by atoms with Crippen LogP contribution in [0.15, 0.2) is 48.7 Å². The number of likely N-dealkylation sites (tertiary alicyclic amines) is 1. The third-order valence-corrected chi connectivity index (χ3v) is 9.39. The first-order valence-corrected chi connectivity index (χ1v) is 13.5. The molecule has 4 aliphatic rings. The Labute approximate surface area is 234 Å². The number of carbonyl (C=O) groups is 1. The molecular formula is C30H28F3N3O5. The van der Waals surface area contributed by atoms with E-state index in [1.807, 2.05) is 6.07 Å². The van der Waals surface area contributed by atoms with Crippen molar-refractivity contribution in [2.45, 2.75) is 55.5 Å². The summed E-state index contributed by atoms with van der Waals surface area (Å²) in [5.41, 5.74) is 0.995. The SMILES string of the molecule is C=C(CN1CC[C@]23c4c5ccc(O)c4O[C@H]2[C@@H](N(C)C(=O)C#Cc2ccc(C(F)(F)F)cc2)CC[C@H]3[C@H]1C5)[N+](=O)[O-]. The average Bonchev–Trinajstić information content (AvgIpc) is 3.29. The lowest BCUT2D eigenvalue weighted by atomic mass is 9.51. The van der Waals surface area contributed by atoms with Crippen LogP contribution in [0.2, 0.25) is 0 Å². The molecule has 2 aromatic carbocycles. The number of aromatic hydroxyl groups is 1. The number of carbonyl (C=O) groups excluding carboxylic acids is 1. The quantitative estimate of drug-likeness (QED) is 0.339. The van der Waals surface area contributed by atoms with Gasteiger partial charge in [0, 0.05) is 42.1 Å². The number of nitro groups is 1. The van der Waals surface area contributed by atoms with E-state index in [0.29, 0.717) is 37.1 Å². The van der Waals surface area contributed by atoms with E-state index >= 15 is 0 Å². The van der Waals surface area contributed by atoms with E-state index in [1.54, 1.807) is 18.0 Å². The summed E-state index contributed by atoms with van der Waals surface area (Å²) in [4.78, 5) is 27.8. The molecule has 2 heterocycles. The third-order valence-electron chi connectivity index (χ3n) is 9.39. The molecule has 11 heteroatoms. The first kappa shape index (κ1) is 27.1. The number of phenols is 1. The van der Waals surface area contributed by atoms with Crippen LogP contribution in [0.4, 0.5) is 13.2 Å². The second-order valence-corrected chi connectivity index (χ2v) is 11.3. The lowest BCUT2D eigenvalue weighted by Gasteiger charge is -2.60. The smallest absolute Gasteiger partial charge is 0.416 e. The monoisotopic (exact) mass is 567 g/mol. The maximum Gasteiger partial charge on any atom is 0.416 e. The van der Waals surface area contributed by atoms with Gasteiger partial charge in [-0.3, -0.25) is 19.8 Å². The molecule has 1 spiro atoms. The largest absolute Gasteiger partial charge is 0.504 e. The van der Waals surface area contributed by atoms with Gasteiger partial charge in [0.25, 0.3) is 11.6 Å². The van der Waals surface area contributed by atoms with Crippen molar-refractivity contribution < 1.29 is 32.7 Å². The standard InChI is InChI=1S/C30H28F3N3O5/c1-17(36(39)40)16-35-14-13-29-21-9-10-22(28(29)41-27-24(37)11-6-19(26(27)29)15-23(21)35)34(2)25(38)12-5-18-3-7-20(8-4-18)30(31,32)33/h3-4,6-8,11,21-23,28,37H,1,9-10,13-16H2,2H3/t21-,22-,23+,28-,29-/m0/s1. The van der Waals surface area contributed by atoms with E-state index in [2.05, 4.69) is 23.3 Å². The van der Waals surface area contributed by atoms with E-state index < -0.39 is 34.1 Å². The summed E-state index contributed by atoms with van der Waals surface area (Å²) in [6.07, 6.45) is -2.24. The van der Waals surface area contributed by atoms with Gasteiger partial charge in [-0.1, -0.05) is 12.0 Å². The summed E-state index contributed by atoms with van der Waals surface area (Å²) >= 11 is 0. The predicted molar refractivity (Wildman–Crippen MR) is 142 cm³/mol. The van der Waals surface area contributed by atoms with E-state index in [4.69, 9.17) is 4.74 Å². The summed E-state index contributed by atoms with van der Waals surface area (Å²) in [6, 6.07) is 7.49. The molecule has 0 unspecified atom stereocenters. The number of amides is 1. The molecule has 1 saturated heterocycles. The minimum Gasteiger partial charge on any atom is -0.504 e. The van der Waals surface area contributed by atoms with Crippen LogP contribution in [-0.4, -0.2) is 64.1 Å². The topological polar surface area (TPSA) is 96.2 Å². The number of ether oxygens (including phenoxy) is 1. The number of halogens is 3. The van der Waals surface area contributed by atoms with Crippen molar-refractivity contribution in [2.75, 3.05) is 20.1 Å². The van der Waals surface area contributed by atoms with Gasteiger partial charge < -0.3 is 14.7 Å². The van der Waals surface area contributed by atoms with Gasteiger partial charge in [0.1, 0.15) is 6.10 Å². The van der Waals surface area contributed by atoms with Crippen LogP contribution in [0, 0.1) is 27.9 Å². The van der Waals surface area contributed by atoms with Gasteiger partial charge in [-0.25, -0.2) is 0 Å². The number of hydrogen-bond acceptors (Lipinski definition) is 6. The summed E-state index contributed by atoms with van der Waals surface area (Å²) in [5.74, 6) is 5.35. The first-order chi connectivity index (χ1) is 19.4. The fourth-order valence-corrected chi connectivity index (χ4v) is 7.59. The van der Waals surface area contributed by atoms with Crippen LogP contribution in [-0.2, 0) is 22.8 Å². The van der Waals surface area contributed by atoms with Crippen LogP contribution >= 0.6 is 0 Å². The molecule has 5 atom stereocenters. The molecule has 6 rings (SSSR count). The van der Waals surface area contributed by atoms with Crippen molar-refractivity contribution >= 4 is 5.91 Å². The predicted octanol–water partition coefficient (Wildman–Crippen LogP) is 4.12. The molecule has 1 amide bonds. The molecule has 0 aromatic heterocycles. The van der Waals surface area contributed by atoms with Gasteiger partial charge in [-0.15, -0.1) is 0 Å². The highest BCUT2D eigenvalue weighted by Gasteiger charge is 2.66. The maximum absolute atomic E-state index is 13.2. The fraction of sp³-hybridized carbons (Fsp3) is 0.433. The highest BCUT2D eigenvalue weighted by Crippen LogP contribution is 2.64. The van der Waals surface area contributed by atoms with E-state index in [-0.39, 0.29) is 36.0 Å². The fourth-order valence-electron chi connectivity index (χ4n) is 7.59. The minimum absolute atomic E-state index is 0.0240. The van der Waals surface area contributed by atoms with Crippen molar-refractivity contribution in [1.82, 2.24) is 9.80 Å². The Morgan fingerprint density at radius 2 is 2.00 bits per heavy atom. The Bertz CT molecular complexity index is 1510. The number of phenolic OH excluding ortho intramolecular Hbond substituents is 1. The Morgan fingerprint density at radius 3 is 2.68 bits per heavy atom. The number of benzene rings is 2. The number of rotatable bonds is 4. The van der Waals surface area contributed by atoms with Crippen LogP contribution < -0.4 is 4.74 Å². The van der Waals surface area contributed by atoms with Crippen LogP contribution in [0.3, 0.4) is 0 Å². The van der Waals surface area contributed by atoms with Gasteiger partial charge in [-0.2, -0.15) is 13.2 Å². The zero-order valence-electron chi connectivity index (χ0n) is 22.3. The van der Waals surface area contributed by atoms with Crippen LogP contribution in [0.25, 0.3) is 0 Å². The molecule has 2 aromatic rings. The van der Waals surface area contributed by atoms with Crippen molar-refractivity contribution in [3.63, 3.8) is 0 Å². The van der Waals surface area contributed by atoms with E-state index in [0.717, 1.165) is 29.7 Å². The number of hydrogen-bond donors (Lipinski definition) is 1. The Kier molecular flexibility index (Phi) is 6.30. The molecule has 0 radical (unpaired) electrons. The van der Waals surface area contributed by atoms with Gasteiger partial charge in [-0.05, 0) is 74.1 Å². The minimum atomic E-state index is -4.46. The summed E-state index contributed by atoms with van der Waals surface area (Å²) in [5, 5.41) is 22.1. The van der Waals surface area contributed by atoms with Crippen molar-refractivity contribution in [2.24, 2.45) is 5.92 Å². The molecule has 2 aliphatic carbocycles. The summed E-state index contributed by atoms with van der Waals surface area (Å²) < 4.78 is 45.1. The molecule has 41 heavy (non-hydrogen) atoms. The first-order valence-electron chi connectivity index (χ1n) is 13.5. The molecule has 2 aliphatic heterocycles. The number of piperidine rings is 1. The van der Waals surface area contributed by atoms with E-state index in [1.165, 1.54) is 12.1 Å². The Balaban J connectivity index is 1.29. The Hall–Kier alpha value is -4.04. The van der Waals surface area contributed by atoms with Crippen molar-refractivity contribution in [3.05, 3.63) is 81.0 Å². The molecular weight excluding hydrogens is 539 g/mol. The molecule has 1 saturated carbocycles. The van der Waals surface area contributed by atoms with Crippen LogP contribution in [0.1, 0.15) is 41.5 Å². The molecule has 2 fully saturated rings. The van der Waals surface area contributed by atoms with Crippen LogP contribution in [0.5, 0.6) is 11.5 Å². The normalized spacial score (nSPS) is 27.6. The lowest BCUT2D eigenvalue weighted by molar-refractivity contribution is -0.428. The second kappa shape index (κ2) is 9.52. The highest BCUT2D eigenvalue weighted by molar-refractivity contribution is 5.94. The number of alkyl halides is 3. The molecule has 2 bridgehead atoms. The third kappa shape index (κ3) is 4.23. The molecule has 1 N–H and O–H groups in total. The second-order valence-electron chi connectivity index (χ2n) is 11.3. The molecule has 8 nitrogen and oxygen atoms in total. The van der Waals surface area contributed by atoms with Gasteiger partial charge >= 0.3 is 6.18 Å². The zero-order chi connectivity index (χ0) is 29.3. The maximum atomic E-state index is 13.2. The van der Waals surface area contributed by atoms with E-state index in [9.17, 15) is 33.2 Å². The average molecular weight is 568 g/mol. The number of likely N-dealkylation sites (N-methyl/N-ethyl adjacent to an activating group) is 1. The Morgan fingerprint density at radius 1 is 1.27 bits per heavy atom. The van der Waals surface area contributed by atoms with Gasteiger partial charge in [0.2, 0.25) is 0 Å². The van der Waals surface area contributed by atoms with Crippen molar-refractivity contribution in [3.8, 4) is 23.3 Å². The highest BCUT2D eigenvalue weighted by atomic mass is 19.4. The summed E-state index contributed by atoms with van der Waals surface area (Å²) in [6.45, 7) is 4.39. The van der Waals surface area contributed by atoms with Gasteiger partial charge in [0.15, 0.2) is 11.5 Å². The van der Waals surface area contributed by atoms with Gasteiger partial charge in [0.05, 0.1) is 23.1 Å².